The Kier molecular flexibility index (Phi) is 6.40. The van der Waals surface area contributed by atoms with Gasteiger partial charge in [-0.3, -0.25) is 0 Å². The molecule has 39 heavy (non-hydrogen) atoms. The van der Waals surface area contributed by atoms with Crippen molar-refractivity contribution >= 4 is 34.9 Å². The fourth-order valence-corrected chi connectivity index (χ4v) is 6.38. The predicted octanol–water partition coefficient (Wildman–Crippen LogP) is 9.60. The van der Waals surface area contributed by atoms with Gasteiger partial charge in [0.15, 0.2) is 0 Å². The van der Waals surface area contributed by atoms with E-state index in [1.807, 2.05) is 0 Å². The van der Waals surface area contributed by atoms with Gasteiger partial charge in [0.05, 0.1) is 11.7 Å². The van der Waals surface area contributed by atoms with Gasteiger partial charge in [-0.2, -0.15) is 0 Å². The lowest BCUT2D eigenvalue weighted by Gasteiger charge is -2.34. The zero-order valence-corrected chi connectivity index (χ0v) is 22.4. The number of fused-ring (bicyclic) bond motifs is 2. The molecule has 2 heteroatoms. The van der Waals surface area contributed by atoms with Gasteiger partial charge >= 0.3 is 0 Å². The van der Waals surface area contributed by atoms with Gasteiger partial charge in [-0.1, -0.05) is 60.7 Å². The van der Waals surface area contributed by atoms with Crippen LogP contribution in [0.15, 0.2) is 115 Å². The van der Waals surface area contributed by atoms with Crippen molar-refractivity contribution in [2.75, 3.05) is 9.80 Å². The Hall–Kier alpha value is -4.26. The van der Waals surface area contributed by atoms with E-state index >= 15 is 0 Å². The molecule has 0 bridgehead atoms. The van der Waals surface area contributed by atoms with E-state index in [9.17, 15) is 0 Å². The van der Waals surface area contributed by atoms with E-state index in [0.29, 0.717) is 0 Å². The van der Waals surface area contributed by atoms with Crippen molar-refractivity contribution in [3.05, 3.63) is 137 Å². The van der Waals surface area contributed by atoms with Crippen LogP contribution in [-0.2, 0) is 12.8 Å². The molecule has 0 fully saturated rings. The number of hydrogen-bond donors (Lipinski definition) is 0. The standard InChI is InChI=1S/C37H34N2/c1-2-16-30(17-3-1)38(36-22-10-14-28-12-4-8-20-34(28)36)32-24-26-33(27-25-32)39(31-18-6-7-19-31)37-23-11-15-29-13-5-9-21-35(29)37/h2,6,8-11,14-17,19-27,31H,1,3-5,12-13,18H2. The molecule has 0 heterocycles. The van der Waals surface area contributed by atoms with E-state index in [2.05, 4.69) is 131 Å². The maximum Gasteiger partial charge on any atom is 0.0636 e. The van der Waals surface area contributed by atoms with Gasteiger partial charge in [0, 0.05) is 33.9 Å². The molecule has 4 aliphatic rings. The second-order valence-corrected chi connectivity index (χ2v) is 10.8. The van der Waals surface area contributed by atoms with Gasteiger partial charge in [-0.25, -0.2) is 0 Å². The lowest BCUT2D eigenvalue weighted by Crippen LogP contribution is -2.29. The van der Waals surface area contributed by atoms with Gasteiger partial charge in [0.2, 0.25) is 0 Å². The summed E-state index contributed by atoms with van der Waals surface area (Å²) in [6.45, 7) is 0. The average molecular weight is 507 g/mol. The van der Waals surface area contributed by atoms with E-state index in [-0.39, 0.29) is 6.04 Å². The molecule has 192 valence electrons. The van der Waals surface area contributed by atoms with Gasteiger partial charge < -0.3 is 9.80 Å². The molecular formula is C37H34N2. The molecule has 0 aromatic heterocycles. The Bertz CT molecular complexity index is 1570. The van der Waals surface area contributed by atoms with E-state index in [0.717, 1.165) is 44.9 Å². The zero-order valence-electron chi connectivity index (χ0n) is 22.4. The first kappa shape index (κ1) is 23.8. The van der Waals surface area contributed by atoms with Crippen LogP contribution in [0.5, 0.6) is 0 Å². The number of nitrogens with zero attached hydrogens (tertiary/aromatic N) is 2. The number of rotatable bonds is 6. The molecular weight excluding hydrogens is 472 g/mol. The molecule has 1 unspecified atom stereocenters. The Morgan fingerprint density at radius 3 is 1.97 bits per heavy atom. The highest BCUT2D eigenvalue weighted by molar-refractivity contribution is 5.82. The third-order valence-corrected chi connectivity index (χ3v) is 8.29. The van der Waals surface area contributed by atoms with E-state index in [1.54, 1.807) is 0 Å². The number of hydrogen-bond acceptors (Lipinski definition) is 2. The number of anilines is 4. The molecule has 0 amide bonds. The molecule has 1 atom stereocenters. The van der Waals surface area contributed by atoms with Gasteiger partial charge in [0.25, 0.3) is 0 Å². The van der Waals surface area contributed by atoms with Crippen molar-refractivity contribution in [2.24, 2.45) is 0 Å². The fraction of sp³-hybridized carbons (Fsp3) is 0.216. The molecule has 0 aliphatic heterocycles. The van der Waals surface area contributed by atoms with Crippen LogP contribution >= 0.6 is 0 Å². The smallest absolute Gasteiger partial charge is 0.0636 e. The van der Waals surface area contributed by atoms with Crippen LogP contribution in [0, 0.1) is 0 Å². The van der Waals surface area contributed by atoms with Crippen LogP contribution < -0.4 is 9.80 Å². The summed E-state index contributed by atoms with van der Waals surface area (Å²) >= 11 is 0. The molecule has 3 aromatic carbocycles. The first-order chi connectivity index (χ1) is 19.4. The molecule has 0 saturated heterocycles. The van der Waals surface area contributed by atoms with Crippen LogP contribution in [0.25, 0.3) is 12.2 Å². The summed E-state index contributed by atoms with van der Waals surface area (Å²) in [5, 5.41) is 0. The van der Waals surface area contributed by atoms with Gasteiger partial charge in [-0.15, -0.1) is 5.73 Å². The van der Waals surface area contributed by atoms with Crippen molar-refractivity contribution in [3.8, 4) is 0 Å². The summed E-state index contributed by atoms with van der Waals surface area (Å²) in [5.74, 6) is 0. The molecule has 0 saturated carbocycles. The van der Waals surface area contributed by atoms with Crippen LogP contribution in [-0.4, -0.2) is 6.04 Å². The largest absolute Gasteiger partial charge is 0.333 e. The van der Waals surface area contributed by atoms with Crippen LogP contribution in [0.2, 0.25) is 0 Å². The van der Waals surface area contributed by atoms with Crippen molar-refractivity contribution in [3.63, 3.8) is 0 Å². The third kappa shape index (κ3) is 4.52. The molecule has 3 aromatic rings. The summed E-state index contributed by atoms with van der Waals surface area (Å²) in [5.41, 5.74) is 15.1. The minimum atomic E-state index is 0.268. The fourth-order valence-electron chi connectivity index (χ4n) is 6.38. The monoisotopic (exact) mass is 506 g/mol. The second-order valence-electron chi connectivity index (χ2n) is 10.8. The second kappa shape index (κ2) is 10.5. The average Bonchev–Trinajstić information content (AvgIpc) is 3.54. The first-order valence-corrected chi connectivity index (χ1v) is 14.4. The number of allylic oxidation sites excluding steroid dienone is 5. The molecule has 4 aliphatic carbocycles. The van der Waals surface area contributed by atoms with Crippen LogP contribution in [0.3, 0.4) is 0 Å². The lowest BCUT2D eigenvalue weighted by atomic mass is 9.94. The first-order valence-electron chi connectivity index (χ1n) is 14.4. The molecule has 0 spiro atoms. The minimum Gasteiger partial charge on any atom is -0.333 e. The molecule has 2 nitrogen and oxygen atoms in total. The number of benzene rings is 3. The van der Waals surface area contributed by atoms with Crippen molar-refractivity contribution in [1.29, 1.82) is 0 Å². The van der Waals surface area contributed by atoms with Crippen molar-refractivity contribution in [1.82, 2.24) is 0 Å². The SMILES string of the molecule is C1=CCC(N(c2ccc(N(C3=CCCC=C3)c3cccc4c3C=CCC4)cc2)c2cccc3c2C=CCC3)C=1. The molecule has 7 rings (SSSR count). The highest BCUT2D eigenvalue weighted by Gasteiger charge is 2.25. The lowest BCUT2D eigenvalue weighted by molar-refractivity contribution is 0.807. The van der Waals surface area contributed by atoms with Crippen LogP contribution in [0.4, 0.5) is 22.7 Å². The number of aryl methyl sites for hydroxylation is 2. The summed E-state index contributed by atoms with van der Waals surface area (Å²) in [6.07, 6.45) is 28.2. The Morgan fingerprint density at radius 1 is 0.641 bits per heavy atom. The maximum atomic E-state index is 3.36. The summed E-state index contributed by atoms with van der Waals surface area (Å²) in [6, 6.07) is 23.0. The quantitative estimate of drug-likeness (QED) is 0.307. The molecule has 0 radical (unpaired) electrons. The third-order valence-electron chi connectivity index (χ3n) is 8.29. The molecule has 0 N–H and O–H groups in total. The topological polar surface area (TPSA) is 6.48 Å². The van der Waals surface area contributed by atoms with E-state index in [4.69, 9.17) is 0 Å². The maximum absolute atomic E-state index is 3.36. The Morgan fingerprint density at radius 2 is 1.31 bits per heavy atom. The highest BCUT2D eigenvalue weighted by Crippen LogP contribution is 2.41. The Balaban J connectivity index is 1.31. The summed E-state index contributed by atoms with van der Waals surface area (Å²) in [4.78, 5) is 4.95. The van der Waals surface area contributed by atoms with Crippen LogP contribution in [0.1, 0.15) is 54.4 Å². The van der Waals surface area contributed by atoms with Gasteiger partial charge in [0.1, 0.15) is 0 Å². The van der Waals surface area contributed by atoms with Crippen molar-refractivity contribution in [2.45, 2.75) is 51.0 Å². The summed E-state index contributed by atoms with van der Waals surface area (Å²) < 4.78 is 0. The Labute approximate surface area is 232 Å². The van der Waals surface area contributed by atoms with Gasteiger partial charge in [-0.05, 0) is 111 Å². The highest BCUT2D eigenvalue weighted by atomic mass is 15.2. The van der Waals surface area contributed by atoms with E-state index in [1.165, 1.54) is 50.7 Å². The normalized spacial score (nSPS) is 18.6. The summed E-state index contributed by atoms with van der Waals surface area (Å²) in [7, 11) is 0. The predicted molar refractivity (Wildman–Crippen MR) is 166 cm³/mol. The van der Waals surface area contributed by atoms with Crippen molar-refractivity contribution < 1.29 is 0 Å². The van der Waals surface area contributed by atoms with E-state index < -0.39 is 0 Å². The minimum absolute atomic E-state index is 0.268. The zero-order chi connectivity index (χ0) is 26.0.